The number of rotatable bonds is 5. The molecule has 0 amide bonds. The van der Waals surface area contributed by atoms with Crippen LogP contribution in [0, 0.1) is 35.9 Å². The number of hydrogen-bond acceptors (Lipinski definition) is 6. The number of halogens is 2. The molecule has 2 aromatic heterocycles. The zero-order valence-electron chi connectivity index (χ0n) is 20.4. The fraction of sp³-hybridized carbons (Fsp3) is 0.321. The number of likely N-dealkylation sites (tertiary alicyclic amines) is 1. The highest BCUT2D eigenvalue weighted by Gasteiger charge is 2.38. The van der Waals surface area contributed by atoms with Gasteiger partial charge in [0.05, 0.1) is 5.02 Å². The van der Waals surface area contributed by atoms with Crippen molar-refractivity contribution < 1.29 is 9.13 Å². The van der Waals surface area contributed by atoms with E-state index in [1.165, 1.54) is 29.3 Å². The van der Waals surface area contributed by atoms with Gasteiger partial charge < -0.3 is 14.6 Å². The maximum Gasteiger partial charge on any atom is 0.263 e. The molecular formula is C28H26ClFN6O. The molecule has 2 aromatic carbocycles. The van der Waals surface area contributed by atoms with Crippen LogP contribution in [0.1, 0.15) is 23.2 Å². The van der Waals surface area contributed by atoms with Gasteiger partial charge in [-0.15, -0.1) is 0 Å². The van der Waals surface area contributed by atoms with E-state index >= 15 is 0 Å². The zero-order valence-corrected chi connectivity index (χ0v) is 21.2. The second kappa shape index (κ2) is 9.66. The number of anilines is 1. The smallest absolute Gasteiger partial charge is 0.263 e. The van der Waals surface area contributed by atoms with Crippen LogP contribution >= 0.6 is 11.6 Å². The van der Waals surface area contributed by atoms with Gasteiger partial charge in [0.1, 0.15) is 23.3 Å². The van der Waals surface area contributed by atoms with E-state index < -0.39 is 5.82 Å². The van der Waals surface area contributed by atoms with Crippen molar-refractivity contribution in [2.75, 3.05) is 31.1 Å². The number of aromatic amines is 1. The molecule has 2 aliphatic rings. The average molecular weight is 517 g/mol. The molecule has 1 N–H and O–H groups in total. The second-order valence-electron chi connectivity index (χ2n) is 9.92. The Bertz CT molecular complexity index is 1510. The zero-order chi connectivity index (χ0) is 25.5. The monoisotopic (exact) mass is 516 g/mol. The van der Waals surface area contributed by atoms with Crippen LogP contribution in [0.3, 0.4) is 0 Å². The van der Waals surface area contributed by atoms with Gasteiger partial charge in [0, 0.05) is 56.0 Å². The van der Waals surface area contributed by atoms with E-state index in [1.54, 1.807) is 12.4 Å². The van der Waals surface area contributed by atoms with Gasteiger partial charge in [-0.05, 0) is 66.6 Å². The van der Waals surface area contributed by atoms with Crippen molar-refractivity contribution in [3.8, 4) is 17.7 Å². The molecule has 0 radical (unpaired) electrons. The van der Waals surface area contributed by atoms with Crippen molar-refractivity contribution in [3.05, 3.63) is 76.5 Å². The summed E-state index contributed by atoms with van der Waals surface area (Å²) in [6, 6.07) is 12.4. The number of hydrogen-bond donors (Lipinski definition) is 1. The lowest BCUT2D eigenvalue weighted by molar-refractivity contribution is 0.313. The number of nitriles is 1. The van der Waals surface area contributed by atoms with E-state index in [1.807, 2.05) is 6.07 Å². The molecule has 4 heterocycles. The van der Waals surface area contributed by atoms with Crippen molar-refractivity contribution in [1.82, 2.24) is 19.9 Å². The van der Waals surface area contributed by atoms with Gasteiger partial charge in [-0.3, -0.25) is 4.90 Å². The summed E-state index contributed by atoms with van der Waals surface area (Å²) >= 11 is 6.18. The number of piperidine rings is 1. The SMILES string of the molecule is Cc1c(CN2CC3CCN(c4nccnc4Oc4ccc(F)cc4Cl)CC3C2)ccc2[nH]c(C#N)cc12. The third-order valence-corrected chi connectivity index (χ3v) is 7.92. The number of nitrogens with zero attached hydrogens (tertiary/aromatic N) is 5. The molecule has 0 spiro atoms. The highest BCUT2D eigenvalue weighted by Crippen LogP contribution is 2.38. The van der Waals surface area contributed by atoms with Gasteiger partial charge in [0.25, 0.3) is 5.88 Å². The summed E-state index contributed by atoms with van der Waals surface area (Å²) in [5.74, 6) is 2.13. The molecule has 2 fully saturated rings. The van der Waals surface area contributed by atoms with Gasteiger partial charge in [-0.25, -0.2) is 14.4 Å². The predicted octanol–water partition coefficient (Wildman–Crippen LogP) is 5.68. The first-order chi connectivity index (χ1) is 18.0. The lowest BCUT2D eigenvalue weighted by Gasteiger charge is -2.35. The highest BCUT2D eigenvalue weighted by molar-refractivity contribution is 6.32. The number of aryl methyl sites for hydroxylation is 1. The molecule has 0 saturated carbocycles. The summed E-state index contributed by atoms with van der Waals surface area (Å²) < 4.78 is 19.4. The molecule has 4 aromatic rings. The predicted molar refractivity (Wildman–Crippen MR) is 140 cm³/mol. The van der Waals surface area contributed by atoms with Crippen molar-refractivity contribution in [1.29, 1.82) is 5.26 Å². The summed E-state index contributed by atoms with van der Waals surface area (Å²) in [5, 5.41) is 10.5. The first kappa shape index (κ1) is 23.7. The molecule has 7 nitrogen and oxygen atoms in total. The molecule has 188 valence electrons. The fourth-order valence-corrected chi connectivity index (χ4v) is 5.93. The molecule has 2 saturated heterocycles. The molecule has 0 bridgehead atoms. The van der Waals surface area contributed by atoms with Crippen molar-refractivity contribution in [2.24, 2.45) is 11.8 Å². The quantitative estimate of drug-likeness (QED) is 0.367. The Morgan fingerprint density at radius 1 is 1.14 bits per heavy atom. The molecule has 2 aliphatic heterocycles. The van der Waals surface area contributed by atoms with Gasteiger partial charge >= 0.3 is 0 Å². The molecular weight excluding hydrogens is 491 g/mol. The third kappa shape index (κ3) is 4.61. The van der Waals surface area contributed by atoms with E-state index in [4.69, 9.17) is 16.3 Å². The first-order valence-electron chi connectivity index (χ1n) is 12.4. The van der Waals surface area contributed by atoms with E-state index in [0.29, 0.717) is 35.0 Å². The molecule has 37 heavy (non-hydrogen) atoms. The average Bonchev–Trinajstić information content (AvgIpc) is 3.51. The normalized spacial score (nSPS) is 19.7. The Morgan fingerprint density at radius 3 is 2.81 bits per heavy atom. The van der Waals surface area contributed by atoms with Crippen LogP contribution in [0.15, 0.2) is 48.8 Å². The Hall–Kier alpha value is -3.67. The third-order valence-electron chi connectivity index (χ3n) is 7.62. The van der Waals surface area contributed by atoms with E-state index in [9.17, 15) is 9.65 Å². The minimum Gasteiger partial charge on any atom is -0.434 e. The van der Waals surface area contributed by atoms with Crippen molar-refractivity contribution >= 4 is 28.3 Å². The van der Waals surface area contributed by atoms with Crippen molar-refractivity contribution in [3.63, 3.8) is 0 Å². The van der Waals surface area contributed by atoms with Crippen LogP contribution in [-0.2, 0) is 6.54 Å². The summed E-state index contributed by atoms with van der Waals surface area (Å²) in [5.41, 5.74) is 4.13. The second-order valence-corrected chi connectivity index (χ2v) is 10.3. The van der Waals surface area contributed by atoms with Crippen LogP contribution in [0.2, 0.25) is 5.02 Å². The maximum absolute atomic E-state index is 13.5. The molecule has 0 aliphatic carbocycles. The summed E-state index contributed by atoms with van der Waals surface area (Å²) in [7, 11) is 0. The van der Waals surface area contributed by atoms with Gasteiger partial charge in [-0.2, -0.15) is 5.26 Å². The van der Waals surface area contributed by atoms with Crippen LogP contribution in [-0.4, -0.2) is 46.0 Å². The standard InChI is InChI=1S/C28H26ClFN6O/c1-17-18(2-4-25-23(17)11-22(12-31)34-25)13-35-14-19-6-9-36(16-20(19)15-35)27-28(33-8-7-32-27)37-26-5-3-21(30)10-24(26)29/h2-5,7-8,10-11,19-20,34H,6,9,13-16H2,1H3. The highest BCUT2D eigenvalue weighted by atomic mass is 35.5. The number of H-pyrrole nitrogens is 1. The topological polar surface area (TPSA) is 81.1 Å². The van der Waals surface area contributed by atoms with Crippen LogP contribution < -0.4 is 9.64 Å². The maximum atomic E-state index is 13.5. The van der Waals surface area contributed by atoms with E-state index in [-0.39, 0.29) is 5.02 Å². The van der Waals surface area contributed by atoms with Gasteiger partial charge in [-0.1, -0.05) is 17.7 Å². The van der Waals surface area contributed by atoms with E-state index in [0.717, 1.165) is 50.0 Å². The number of fused-ring (bicyclic) bond motifs is 2. The number of aromatic nitrogens is 3. The minimum absolute atomic E-state index is 0.193. The molecule has 6 rings (SSSR count). The number of nitrogens with one attached hydrogen (secondary N) is 1. The summed E-state index contributed by atoms with van der Waals surface area (Å²) in [6.45, 7) is 6.85. The number of benzene rings is 2. The van der Waals surface area contributed by atoms with Gasteiger partial charge in [0.15, 0.2) is 5.82 Å². The molecule has 9 heteroatoms. The lowest BCUT2D eigenvalue weighted by Crippen LogP contribution is -2.40. The summed E-state index contributed by atoms with van der Waals surface area (Å²) in [4.78, 5) is 16.9. The fourth-order valence-electron chi connectivity index (χ4n) is 5.72. The van der Waals surface area contributed by atoms with Crippen LogP contribution in [0.4, 0.5) is 10.2 Å². The Balaban J connectivity index is 1.16. The summed E-state index contributed by atoms with van der Waals surface area (Å²) in [6.07, 6.45) is 4.32. The Kier molecular flexibility index (Phi) is 6.19. The first-order valence-corrected chi connectivity index (χ1v) is 12.8. The molecule has 2 unspecified atom stereocenters. The van der Waals surface area contributed by atoms with E-state index in [2.05, 4.69) is 49.9 Å². The molecule has 2 atom stereocenters. The van der Waals surface area contributed by atoms with Crippen LogP contribution in [0.25, 0.3) is 10.9 Å². The Labute approximate surface area is 219 Å². The van der Waals surface area contributed by atoms with Crippen LogP contribution in [0.5, 0.6) is 11.6 Å². The minimum atomic E-state index is -0.417. The largest absolute Gasteiger partial charge is 0.434 e. The Morgan fingerprint density at radius 2 is 1.97 bits per heavy atom. The van der Waals surface area contributed by atoms with Gasteiger partial charge in [0.2, 0.25) is 0 Å². The number of ether oxygens (including phenoxy) is 1. The van der Waals surface area contributed by atoms with Crippen molar-refractivity contribution in [2.45, 2.75) is 19.9 Å². The lowest BCUT2D eigenvalue weighted by atomic mass is 9.89.